The summed E-state index contributed by atoms with van der Waals surface area (Å²) in [4.78, 5) is 28.0. The van der Waals surface area contributed by atoms with Crippen LogP contribution < -0.4 is 9.62 Å². The number of rotatable bonds is 11. The van der Waals surface area contributed by atoms with Gasteiger partial charge in [0.15, 0.2) is 0 Å². The molecule has 0 bridgehead atoms. The molecule has 7 nitrogen and oxygen atoms in total. The highest BCUT2D eigenvalue weighted by Gasteiger charge is 2.32. The molecule has 0 aromatic heterocycles. The van der Waals surface area contributed by atoms with Gasteiger partial charge in [0.25, 0.3) is 0 Å². The third kappa shape index (κ3) is 7.89. The summed E-state index contributed by atoms with van der Waals surface area (Å²) in [5, 5.41) is 3.30. The van der Waals surface area contributed by atoms with E-state index in [1.54, 1.807) is 0 Å². The Morgan fingerprint density at radius 1 is 1.06 bits per heavy atom. The molecule has 0 radical (unpaired) electrons. The SMILES string of the molecule is CC[C@H](C(=O)NCC(C)C)N(Cc1ccccc1)C(=O)CN(c1cc(Cl)ccc1Cl)S(C)(=O)=O. The quantitative estimate of drug-likeness (QED) is 0.470. The first-order chi connectivity index (χ1) is 15.9. The number of amides is 2. The van der Waals surface area contributed by atoms with Gasteiger partial charge in [-0.2, -0.15) is 0 Å². The fourth-order valence-electron chi connectivity index (χ4n) is 3.39. The Kier molecular flexibility index (Phi) is 10.2. The van der Waals surface area contributed by atoms with E-state index in [2.05, 4.69) is 5.32 Å². The monoisotopic (exact) mass is 527 g/mol. The number of halogens is 2. The minimum absolute atomic E-state index is 0.0991. The summed E-state index contributed by atoms with van der Waals surface area (Å²) >= 11 is 12.3. The maximum Gasteiger partial charge on any atom is 0.244 e. The number of carbonyl (C=O) groups excluding carboxylic acids is 2. The van der Waals surface area contributed by atoms with E-state index in [4.69, 9.17) is 23.2 Å². The summed E-state index contributed by atoms with van der Waals surface area (Å²) in [7, 11) is -3.89. The Morgan fingerprint density at radius 2 is 1.71 bits per heavy atom. The molecule has 0 aliphatic heterocycles. The van der Waals surface area contributed by atoms with Crippen molar-refractivity contribution in [3.63, 3.8) is 0 Å². The fraction of sp³-hybridized carbons (Fsp3) is 0.417. The van der Waals surface area contributed by atoms with Gasteiger partial charge < -0.3 is 10.2 Å². The van der Waals surface area contributed by atoms with E-state index < -0.39 is 28.5 Å². The highest BCUT2D eigenvalue weighted by molar-refractivity contribution is 7.92. The normalized spacial score (nSPS) is 12.3. The van der Waals surface area contributed by atoms with Crippen molar-refractivity contribution in [2.24, 2.45) is 5.92 Å². The zero-order valence-corrected chi connectivity index (χ0v) is 22.1. The van der Waals surface area contributed by atoms with Crippen molar-refractivity contribution in [1.82, 2.24) is 10.2 Å². The van der Waals surface area contributed by atoms with Gasteiger partial charge in [-0.05, 0) is 36.1 Å². The van der Waals surface area contributed by atoms with Crippen molar-refractivity contribution in [2.75, 3.05) is 23.7 Å². The van der Waals surface area contributed by atoms with Crippen molar-refractivity contribution in [3.05, 3.63) is 64.1 Å². The predicted molar refractivity (Wildman–Crippen MR) is 138 cm³/mol. The lowest BCUT2D eigenvalue weighted by Crippen LogP contribution is -2.52. The first-order valence-electron chi connectivity index (χ1n) is 11.0. The molecule has 2 rings (SSSR count). The van der Waals surface area contributed by atoms with Crippen molar-refractivity contribution >= 4 is 50.7 Å². The summed E-state index contributed by atoms with van der Waals surface area (Å²) in [5.41, 5.74) is 0.916. The first kappa shape index (κ1) is 28.0. The molecule has 0 heterocycles. The summed E-state index contributed by atoms with van der Waals surface area (Å²) in [6, 6.07) is 12.9. The minimum atomic E-state index is -3.89. The van der Waals surface area contributed by atoms with Gasteiger partial charge in [0.2, 0.25) is 21.8 Å². The predicted octanol–water partition coefficient (Wildman–Crippen LogP) is 4.34. The molecule has 34 heavy (non-hydrogen) atoms. The second kappa shape index (κ2) is 12.4. The minimum Gasteiger partial charge on any atom is -0.354 e. The number of hydrogen-bond donors (Lipinski definition) is 1. The number of hydrogen-bond acceptors (Lipinski definition) is 4. The Labute approximate surface area is 212 Å². The largest absolute Gasteiger partial charge is 0.354 e. The van der Waals surface area contributed by atoms with E-state index in [1.165, 1.54) is 23.1 Å². The van der Waals surface area contributed by atoms with Gasteiger partial charge in [-0.25, -0.2) is 8.42 Å². The van der Waals surface area contributed by atoms with Crippen LogP contribution >= 0.6 is 23.2 Å². The van der Waals surface area contributed by atoms with Gasteiger partial charge in [0.05, 0.1) is 17.0 Å². The molecule has 0 aliphatic carbocycles. The zero-order valence-electron chi connectivity index (χ0n) is 19.8. The molecular formula is C24H31Cl2N3O4S. The molecular weight excluding hydrogens is 497 g/mol. The molecule has 0 spiro atoms. The van der Waals surface area contributed by atoms with Crippen LogP contribution in [0, 0.1) is 5.92 Å². The lowest BCUT2D eigenvalue weighted by molar-refractivity contribution is -0.140. The molecule has 1 atom stereocenters. The molecule has 0 unspecified atom stereocenters. The maximum atomic E-state index is 13.6. The summed E-state index contributed by atoms with van der Waals surface area (Å²) in [5.74, 6) is -0.575. The Bertz CT molecular complexity index is 1090. The average Bonchev–Trinajstić information content (AvgIpc) is 2.77. The van der Waals surface area contributed by atoms with Crippen LogP contribution in [0.25, 0.3) is 0 Å². The summed E-state index contributed by atoms with van der Waals surface area (Å²) < 4.78 is 26.2. The highest BCUT2D eigenvalue weighted by atomic mass is 35.5. The second-order valence-electron chi connectivity index (χ2n) is 8.44. The van der Waals surface area contributed by atoms with Gasteiger partial charge in [-0.15, -0.1) is 0 Å². The van der Waals surface area contributed by atoms with Crippen LogP contribution in [-0.2, 0) is 26.2 Å². The van der Waals surface area contributed by atoms with Crippen LogP contribution in [0.15, 0.2) is 48.5 Å². The van der Waals surface area contributed by atoms with E-state index in [1.807, 2.05) is 51.1 Å². The number of nitrogens with zero attached hydrogens (tertiary/aromatic N) is 2. The maximum absolute atomic E-state index is 13.6. The van der Waals surface area contributed by atoms with Crippen LogP contribution in [0.3, 0.4) is 0 Å². The van der Waals surface area contributed by atoms with Gasteiger partial charge in [-0.1, -0.05) is 74.3 Å². The molecule has 0 aliphatic rings. The Hall–Kier alpha value is -2.29. The third-order valence-corrected chi connectivity index (χ3v) is 6.80. The lowest BCUT2D eigenvalue weighted by Gasteiger charge is -2.33. The van der Waals surface area contributed by atoms with E-state index in [-0.39, 0.29) is 34.1 Å². The van der Waals surface area contributed by atoms with E-state index in [0.717, 1.165) is 16.1 Å². The number of carbonyl (C=O) groups is 2. The molecule has 0 saturated heterocycles. The fourth-order valence-corrected chi connectivity index (χ4v) is 4.68. The second-order valence-corrected chi connectivity index (χ2v) is 11.2. The topological polar surface area (TPSA) is 86.8 Å². The van der Waals surface area contributed by atoms with Crippen molar-refractivity contribution in [1.29, 1.82) is 0 Å². The van der Waals surface area contributed by atoms with Crippen LogP contribution in [-0.4, -0.2) is 50.5 Å². The third-order valence-electron chi connectivity index (χ3n) is 5.12. The van der Waals surface area contributed by atoms with Gasteiger partial charge >= 0.3 is 0 Å². The van der Waals surface area contributed by atoms with E-state index >= 15 is 0 Å². The summed E-state index contributed by atoms with van der Waals surface area (Å²) in [6.07, 6.45) is 1.35. The van der Waals surface area contributed by atoms with Crippen molar-refractivity contribution < 1.29 is 18.0 Å². The summed E-state index contributed by atoms with van der Waals surface area (Å²) in [6.45, 7) is 5.86. The van der Waals surface area contributed by atoms with E-state index in [0.29, 0.717) is 13.0 Å². The van der Waals surface area contributed by atoms with Crippen LogP contribution in [0.2, 0.25) is 10.0 Å². The van der Waals surface area contributed by atoms with E-state index in [9.17, 15) is 18.0 Å². The van der Waals surface area contributed by atoms with Gasteiger partial charge in [-0.3, -0.25) is 13.9 Å². The molecule has 2 aromatic rings. The van der Waals surface area contributed by atoms with Crippen molar-refractivity contribution in [2.45, 2.75) is 39.8 Å². The molecule has 2 aromatic carbocycles. The average molecular weight is 529 g/mol. The Morgan fingerprint density at radius 3 is 2.26 bits per heavy atom. The Balaban J connectivity index is 2.43. The van der Waals surface area contributed by atoms with Gasteiger partial charge in [0, 0.05) is 18.1 Å². The number of anilines is 1. The standard InChI is InChI=1S/C24H31Cl2N3O4S/c1-5-21(24(31)27-14-17(2)3)28(15-18-9-7-6-8-10-18)23(30)16-29(34(4,32)33)22-13-19(25)11-12-20(22)26/h6-13,17,21H,5,14-16H2,1-4H3,(H,27,31)/t21-/m1/s1. The smallest absolute Gasteiger partial charge is 0.244 e. The number of benzene rings is 2. The first-order valence-corrected chi connectivity index (χ1v) is 13.6. The number of nitrogens with one attached hydrogen (secondary N) is 1. The number of sulfonamides is 1. The highest BCUT2D eigenvalue weighted by Crippen LogP contribution is 2.31. The zero-order chi connectivity index (χ0) is 25.5. The van der Waals surface area contributed by atoms with Crippen LogP contribution in [0.1, 0.15) is 32.8 Å². The molecule has 10 heteroatoms. The molecule has 0 saturated carbocycles. The molecule has 0 fully saturated rings. The lowest BCUT2D eigenvalue weighted by atomic mass is 10.1. The van der Waals surface area contributed by atoms with Gasteiger partial charge in [0.1, 0.15) is 12.6 Å². The van der Waals surface area contributed by atoms with Crippen LogP contribution in [0.4, 0.5) is 5.69 Å². The molecule has 2 amide bonds. The van der Waals surface area contributed by atoms with Crippen molar-refractivity contribution in [3.8, 4) is 0 Å². The molecule has 186 valence electrons. The molecule has 1 N–H and O–H groups in total. The van der Waals surface area contributed by atoms with Crippen LogP contribution in [0.5, 0.6) is 0 Å².